The third-order valence-corrected chi connectivity index (χ3v) is 6.13. The highest BCUT2D eigenvalue weighted by Gasteiger charge is 2.29. The third-order valence-electron chi connectivity index (χ3n) is 6.13. The third kappa shape index (κ3) is 5.95. The average molecular weight is 507 g/mol. The lowest BCUT2D eigenvalue weighted by molar-refractivity contribution is -0.137. The fraction of sp³-hybridized carbons (Fsp3) is 0.269. The standard InChI is InChI=1S/C26H26N4O7/c1-15-12-30(25(35)29-24(15)34)13-16(10-23(32)33)28-22(31)11-27-26(36)37-14-21-19-8-4-2-6-17(19)18-7-3-5-9-20(18)21/h2-9,12,16,21H,10-11,13-14H2,1H3,(H,27,36)(H,28,31)(H,32,33)(H,29,34,35)/t16-/m0/s1. The molecule has 0 radical (unpaired) electrons. The van der Waals surface area contributed by atoms with Crippen molar-refractivity contribution in [3.8, 4) is 11.1 Å². The van der Waals surface area contributed by atoms with E-state index in [4.69, 9.17) is 4.74 Å². The zero-order valence-corrected chi connectivity index (χ0v) is 20.0. The van der Waals surface area contributed by atoms with E-state index in [1.54, 1.807) is 0 Å². The van der Waals surface area contributed by atoms with Crippen LogP contribution >= 0.6 is 0 Å². The van der Waals surface area contributed by atoms with Crippen LogP contribution in [-0.4, -0.2) is 51.8 Å². The van der Waals surface area contributed by atoms with E-state index in [0.717, 1.165) is 26.8 Å². The molecule has 1 aliphatic carbocycles. The number of aromatic nitrogens is 2. The Hall–Kier alpha value is -4.67. The number of amides is 2. The molecule has 4 rings (SSSR count). The van der Waals surface area contributed by atoms with Gasteiger partial charge in [-0.3, -0.25) is 23.9 Å². The van der Waals surface area contributed by atoms with Crippen LogP contribution in [0, 0.1) is 6.92 Å². The monoisotopic (exact) mass is 506 g/mol. The van der Waals surface area contributed by atoms with E-state index in [1.165, 1.54) is 13.1 Å². The number of carboxylic acid groups (broad SMARTS) is 1. The van der Waals surface area contributed by atoms with Gasteiger partial charge < -0.3 is 20.5 Å². The molecule has 11 nitrogen and oxygen atoms in total. The van der Waals surface area contributed by atoms with Crippen molar-refractivity contribution in [3.63, 3.8) is 0 Å². The van der Waals surface area contributed by atoms with E-state index < -0.39 is 48.2 Å². The Morgan fingerprint density at radius 3 is 2.30 bits per heavy atom. The summed E-state index contributed by atoms with van der Waals surface area (Å²) >= 11 is 0. The molecular weight excluding hydrogens is 480 g/mol. The quantitative estimate of drug-likeness (QED) is 0.341. The molecule has 1 heterocycles. The largest absolute Gasteiger partial charge is 0.481 e. The van der Waals surface area contributed by atoms with E-state index in [9.17, 15) is 29.1 Å². The number of H-pyrrole nitrogens is 1. The van der Waals surface area contributed by atoms with Crippen LogP contribution < -0.4 is 21.9 Å². The molecule has 37 heavy (non-hydrogen) atoms. The van der Waals surface area contributed by atoms with Gasteiger partial charge >= 0.3 is 17.8 Å². The van der Waals surface area contributed by atoms with Gasteiger partial charge in [0.2, 0.25) is 5.91 Å². The highest BCUT2D eigenvalue weighted by molar-refractivity contribution is 5.83. The van der Waals surface area contributed by atoms with Crippen molar-refractivity contribution < 1.29 is 24.2 Å². The summed E-state index contributed by atoms with van der Waals surface area (Å²) in [5, 5.41) is 14.1. The fourth-order valence-electron chi connectivity index (χ4n) is 4.44. The lowest BCUT2D eigenvalue weighted by atomic mass is 9.98. The molecule has 3 aromatic rings. The van der Waals surface area contributed by atoms with Crippen molar-refractivity contribution in [1.82, 2.24) is 20.2 Å². The molecule has 0 saturated heterocycles. The fourth-order valence-corrected chi connectivity index (χ4v) is 4.44. The highest BCUT2D eigenvalue weighted by atomic mass is 16.5. The van der Waals surface area contributed by atoms with Crippen LogP contribution in [0.3, 0.4) is 0 Å². The van der Waals surface area contributed by atoms with Gasteiger partial charge in [0.05, 0.1) is 12.5 Å². The summed E-state index contributed by atoms with van der Waals surface area (Å²) in [6.45, 7) is 0.946. The van der Waals surface area contributed by atoms with E-state index in [0.29, 0.717) is 0 Å². The van der Waals surface area contributed by atoms with Gasteiger partial charge in [0, 0.05) is 24.2 Å². The van der Waals surface area contributed by atoms with Crippen molar-refractivity contribution >= 4 is 18.0 Å². The van der Waals surface area contributed by atoms with Crippen LogP contribution in [0.5, 0.6) is 0 Å². The van der Waals surface area contributed by atoms with Crippen LogP contribution in [-0.2, 0) is 20.9 Å². The number of nitrogens with zero attached hydrogens (tertiary/aromatic N) is 1. The molecule has 11 heteroatoms. The Balaban J connectivity index is 1.32. The molecule has 0 fully saturated rings. The van der Waals surface area contributed by atoms with Gasteiger partial charge in [-0.25, -0.2) is 9.59 Å². The van der Waals surface area contributed by atoms with Crippen molar-refractivity contribution in [2.45, 2.75) is 31.8 Å². The topological polar surface area (TPSA) is 160 Å². The van der Waals surface area contributed by atoms with Gasteiger partial charge in [-0.15, -0.1) is 0 Å². The lowest BCUT2D eigenvalue weighted by Crippen LogP contribution is -2.46. The molecule has 1 aromatic heterocycles. The predicted octanol–water partition coefficient (Wildman–Crippen LogP) is 1.34. The number of aryl methyl sites for hydroxylation is 1. The van der Waals surface area contributed by atoms with Crippen LogP contribution in [0.4, 0.5) is 4.79 Å². The number of rotatable bonds is 9. The molecule has 0 bridgehead atoms. The Morgan fingerprint density at radius 1 is 1.05 bits per heavy atom. The summed E-state index contributed by atoms with van der Waals surface area (Å²) in [5.74, 6) is -1.98. The second kappa shape index (κ2) is 10.9. The number of hydrogen-bond acceptors (Lipinski definition) is 6. The van der Waals surface area contributed by atoms with E-state index in [2.05, 4.69) is 15.6 Å². The second-order valence-corrected chi connectivity index (χ2v) is 8.77. The number of hydrogen-bond donors (Lipinski definition) is 4. The highest BCUT2D eigenvalue weighted by Crippen LogP contribution is 2.44. The first-order chi connectivity index (χ1) is 17.7. The second-order valence-electron chi connectivity index (χ2n) is 8.77. The number of aromatic amines is 1. The summed E-state index contributed by atoms with van der Waals surface area (Å²) in [6.07, 6.45) is 0.0255. The summed E-state index contributed by atoms with van der Waals surface area (Å²) in [4.78, 5) is 61.7. The van der Waals surface area contributed by atoms with Gasteiger partial charge in [0.1, 0.15) is 13.2 Å². The van der Waals surface area contributed by atoms with Crippen LogP contribution in [0.2, 0.25) is 0 Å². The minimum Gasteiger partial charge on any atom is -0.481 e. The molecular formula is C26H26N4O7. The zero-order valence-electron chi connectivity index (χ0n) is 20.0. The van der Waals surface area contributed by atoms with Crippen LogP contribution in [0.1, 0.15) is 29.0 Å². The predicted molar refractivity (Wildman–Crippen MR) is 133 cm³/mol. The van der Waals surface area contributed by atoms with E-state index in [1.807, 2.05) is 48.5 Å². The number of carboxylic acids is 1. The van der Waals surface area contributed by atoms with E-state index in [-0.39, 0.29) is 24.6 Å². The number of carbonyl (C=O) groups is 3. The van der Waals surface area contributed by atoms with Gasteiger partial charge in [-0.1, -0.05) is 48.5 Å². The molecule has 4 N–H and O–H groups in total. The minimum absolute atomic E-state index is 0.0809. The summed E-state index contributed by atoms with van der Waals surface area (Å²) < 4.78 is 6.51. The molecule has 0 spiro atoms. The number of benzene rings is 2. The average Bonchev–Trinajstić information content (AvgIpc) is 3.18. The molecule has 2 aromatic carbocycles. The minimum atomic E-state index is -1.19. The molecule has 1 aliphatic rings. The van der Waals surface area contributed by atoms with Crippen molar-refractivity contribution in [1.29, 1.82) is 0 Å². The molecule has 2 amide bonds. The van der Waals surface area contributed by atoms with Crippen LogP contribution in [0.25, 0.3) is 11.1 Å². The number of ether oxygens (including phenoxy) is 1. The Morgan fingerprint density at radius 2 is 1.68 bits per heavy atom. The first-order valence-electron chi connectivity index (χ1n) is 11.6. The maximum Gasteiger partial charge on any atom is 0.407 e. The van der Waals surface area contributed by atoms with Gasteiger partial charge in [-0.2, -0.15) is 0 Å². The normalized spacial score (nSPS) is 12.8. The molecule has 0 unspecified atom stereocenters. The van der Waals surface area contributed by atoms with Crippen molar-refractivity contribution in [2.24, 2.45) is 0 Å². The Bertz CT molecular complexity index is 1410. The van der Waals surface area contributed by atoms with Gasteiger partial charge in [-0.05, 0) is 29.2 Å². The van der Waals surface area contributed by atoms with Crippen molar-refractivity contribution in [2.75, 3.05) is 13.2 Å². The smallest absolute Gasteiger partial charge is 0.407 e. The first-order valence-corrected chi connectivity index (χ1v) is 11.6. The maximum atomic E-state index is 12.4. The van der Waals surface area contributed by atoms with Gasteiger partial charge in [0.15, 0.2) is 0 Å². The van der Waals surface area contributed by atoms with Crippen molar-refractivity contribution in [3.05, 3.63) is 92.3 Å². The number of alkyl carbamates (subject to hydrolysis) is 1. The van der Waals surface area contributed by atoms with Crippen LogP contribution in [0.15, 0.2) is 64.3 Å². The van der Waals surface area contributed by atoms with Gasteiger partial charge in [0.25, 0.3) is 5.56 Å². The SMILES string of the molecule is Cc1cn(C[C@H](CC(=O)O)NC(=O)CNC(=O)OCC2c3ccccc3-c3ccccc32)c(=O)[nH]c1=O. The molecule has 0 aliphatic heterocycles. The number of nitrogens with one attached hydrogen (secondary N) is 3. The molecule has 192 valence electrons. The number of carbonyl (C=O) groups excluding carboxylic acids is 2. The zero-order chi connectivity index (χ0) is 26.5. The first kappa shape index (κ1) is 25.4. The summed E-state index contributed by atoms with van der Waals surface area (Å²) in [6, 6.07) is 14.8. The molecule has 1 atom stereocenters. The summed E-state index contributed by atoms with van der Waals surface area (Å²) in [5.41, 5.74) is 3.28. The van der Waals surface area contributed by atoms with E-state index >= 15 is 0 Å². The maximum absolute atomic E-state index is 12.4. The Kier molecular flexibility index (Phi) is 7.52. The molecule has 0 saturated carbocycles. The Labute approximate surface area is 211 Å². The number of aliphatic carboxylic acids is 1. The summed E-state index contributed by atoms with van der Waals surface area (Å²) in [7, 11) is 0. The number of fused-ring (bicyclic) bond motifs is 3. The lowest BCUT2D eigenvalue weighted by Gasteiger charge is -2.19.